The summed E-state index contributed by atoms with van der Waals surface area (Å²) in [5, 5.41) is 0. The largest absolute Gasteiger partial charge is 0.494 e. The quantitative estimate of drug-likeness (QED) is 0.611. The Labute approximate surface area is 182 Å². The molecule has 0 N–H and O–H groups in total. The number of carbonyl (C=O) groups is 1. The van der Waals surface area contributed by atoms with Gasteiger partial charge in [-0.2, -0.15) is 0 Å². The minimum absolute atomic E-state index is 0.133. The average Bonchev–Trinajstić information content (AvgIpc) is 2.81. The number of benzene rings is 1. The Morgan fingerprint density at radius 3 is 2.74 bits per heavy atom. The van der Waals surface area contributed by atoms with E-state index in [-0.39, 0.29) is 12.0 Å². The number of carbonyl (C=O) groups excluding carboxylic acids is 1. The van der Waals surface area contributed by atoms with Crippen molar-refractivity contribution in [2.24, 2.45) is 0 Å². The van der Waals surface area contributed by atoms with Gasteiger partial charge in [-0.3, -0.25) is 14.8 Å². The van der Waals surface area contributed by atoms with Gasteiger partial charge < -0.3 is 14.4 Å². The third-order valence-electron chi connectivity index (χ3n) is 5.13. The molecule has 7 heteroatoms. The number of morpholine rings is 1. The van der Waals surface area contributed by atoms with Crippen LogP contribution in [0.3, 0.4) is 0 Å². The highest BCUT2D eigenvalue weighted by Gasteiger charge is 2.27. The Morgan fingerprint density at radius 1 is 1.16 bits per heavy atom. The van der Waals surface area contributed by atoms with E-state index in [0.717, 1.165) is 28.4 Å². The average molecular weight is 418 g/mol. The number of hydrogen-bond donors (Lipinski definition) is 0. The molecular formula is C24H26N4O3. The van der Waals surface area contributed by atoms with Crippen molar-refractivity contribution in [1.29, 1.82) is 0 Å². The molecule has 3 heterocycles. The summed E-state index contributed by atoms with van der Waals surface area (Å²) in [5.74, 6) is 0.734. The van der Waals surface area contributed by atoms with Crippen molar-refractivity contribution in [2.75, 3.05) is 26.3 Å². The van der Waals surface area contributed by atoms with Gasteiger partial charge in [0.05, 0.1) is 37.3 Å². The summed E-state index contributed by atoms with van der Waals surface area (Å²) in [4.78, 5) is 27.8. The number of pyridine rings is 1. The van der Waals surface area contributed by atoms with Crippen molar-refractivity contribution in [3.05, 3.63) is 83.2 Å². The van der Waals surface area contributed by atoms with Gasteiger partial charge in [0, 0.05) is 24.9 Å². The Bertz CT molecular complexity index is 1020. The van der Waals surface area contributed by atoms with E-state index >= 15 is 0 Å². The van der Waals surface area contributed by atoms with E-state index in [1.54, 1.807) is 11.1 Å². The zero-order valence-electron chi connectivity index (χ0n) is 17.8. The fourth-order valence-electron chi connectivity index (χ4n) is 3.53. The maximum absolute atomic E-state index is 12.8. The zero-order valence-corrected chi connectivity index (χ0v) is 17.8. The zero-order chi connectivity index (χ0) is 21.6. The molecule has 2 aromatic heterocycles. The predicted molar refractivity (Wildman–Crippen MR) is 116 cm³/mol. The third-order valence-corrected chi connectivity index (χ3v) is 5.13. The van der Waals surface area contributed by atoms with E-state index in [0.29, 0.717) is 38.4 Å². The van der Waals surface area contributed by atoms with Crippen LogP contribution in [-0.4, -0.2) is 52.1 Å². The fourth-order valence-corrected chi connectivity index (χ4v) is 3.53. The van der Waals surface area contributed by atoms with E-state index in [9.17, 15) is 4.79 Å². The Morgan fingerprint density at radius 2 is 2.00 bits per heavy atom. The van der Waals surface area contributed by atoms with Gasteiger partial charge in [0.25, 0.3) is 5.91 Å². The van der Waals surface area contributed by atoms with E-state index in [4.69, 9.17) is 14.5 Å². The molecule has 7 nitrogen and oxygen atoms in total. The van der Waals surface area contributed by atoms with Crippen LogP contribution >= 0.6 is 0 Å². The summed E-state index contributed by atoms with van der Waals surface area (Å²) < 4.78 is 11.4. The Hall–Kier alpha value is -3.32. The van der Waals surface area contributed by atoms with Gasteiger partial charge in [0.1, 0.15) is 17.5 Å². The van der Waals surface area contributed by atoms with Crippen molar-refractivity contribution >= 4 is 5.91 Å². The molecule has 3 aromatic rings. The number of aryl methyl sites for hydroxylation is 1. The van der Waals surface area contributed by atoms with E-state index in [2.05, 4.69) is 22.1 Å². The molecule has 1 amide bonds. The normalized spacial score (nSPS) is 16.2. The van der Waals surface area contributed by atoms with Crippen LogP contribution in [-0.2, 0) is 11.2 Å². The number of aromatic nitrogens is 3. The van der Waals surface area contributed by atoms with Gasteiger partial charge in [-0.25, -0.2) is 4.98 Å². The van der Waals surface area contributed by atoms with E-state index in [1.807, 2.05) is 44.2 Å². The summed E-state index contributed by atoms with van der Waals surface area (Å²) in [7, 11) is 0. The van der Waals surface area contributed by atoms with Gasteiger partial charge in [-0.1, -0.05) is 18.2 Å². The summed E-state index contributed by atoms with van der Waals surface area (Å²) in [6, 6.07) is 14.0. The first kappa shape index (κ1) is 20.9. The van der Waals surface area contributed by atoms with Crippen molar-refractivity contribution in [3.63, 3.8) is 0 Å². The van der Waals surface area contributed by atoms with Gasteiger partial charge in [0.2, 0.25) is 0 Å². The molecule has 1 fully saturated rings. The highest BCUT2D eigenvalue weighted by atomic mass is 16.5. The number of rotatable bonds is 6. The molecule has 1 aliphatic heterocycles. The molecule has 1 atom stereocenters. The lowest BCUT2D eigenvalue weighted by molar-refractivity contribution is -0.0250. The van der Waals surface area contributed by atoms with Crippen molar-refractivity contribution in [1.82, 2.24) is 19.9 Å². The Balaban J connectivity index is 1.44. The van der Waals surface area contributed by atoms with Crippen LogP contribution in [0.5, 0.6) is 5.75 Å². The van der Waals surface area contributed by atoms with Crippen LogP contribution in [0, 0.1) is 6.92 Å². The number of nitrogens with zero attached hydrogens (tertiary/aromatic N) is 4. The van der Waals surface area contributed by atoms with Crippen LogP contribution in [0.1, 0.15) is 46.2 Å². The van der Waals surface area contributed by atoms with E-state index in [1.165, 1.54) is 6.20 Å². The molecule has 31 heavy (non-hydrogen) atoms. The maximum Gasteiger partial charge on any atom is 0.274 e. The summed E-state index contributed by atoms with van der Waals surface area (Å²) >= 11 is 0. The van der Waals surface area contributed by atoms with Crippen molar-refractivity contribution in [3.8, 4) is 5.75 Å². The minimum atomic E-state index is -0.267. The Kier molecular flexibility index (Phi) is 6.52. The number of ether oxygens (including phenoxy) is 2. The van der Waals surface area contributed by atoms with Crippen molar-refractivity contribution in [2.45, 2.75) is 26.4 Å². The highest BCUT2D eigenvalue weighted by Crippen LogP contribution is 2.23. The molecule has 4 rings (SSSR count). The number of hydrogen-bond acceptors (Lipinski definition) is 6. The van der Waals surface area contributed by atoms with Gasteiger partial charge in [-0.15, -0.1) is 0 Å². The SMILES string of the molecule is CCOc1ccc(Cc2cccc([C@@H]3CN(C(=O)c4cnc(C)cn4)CCO3)n2)cc1. The molecular weight excluding hydrogens is 392 g/mol. The van der Waals surface area contributed by atoms with Crippen LogP contribution in [0.4, 0.5) is 0 Å². The summed E-state index contributed by atoms with van der Waals surface area (Å²) in [5.41, 5.74) is 4.08. The molecule has 1 aliphatic rings. The topological polar surface area (TPSA) is 77.4 Å². The van der Waals surface area contributed by atoms with Gasteiger partial charge in [-0.05, 0) is 43.7 Å². The van der Waals surface area contributed by atoms with Gasteiger partial charge >= 0.3 is 0 Å². The lowest BCUT2D eigenvalue weighted by Crippen LogP contribution is -2.42. The fraction of sp³-hybridized carbons (Fsp3) is 0.333. The first-order valence-corrected chi connectivity index (χ1v) is 10.5. The molecule has 160 valence electrons. The van der Waals surface area contributed by atoms with E-state index < -0.39 is 0 Å². The van der Waals surface area contributed by atoms with Crippen LogP contribution in [0.15, 0.2) is 54.9 Å². The molecule has 0 radical (unpaired) electrons. The lowest BCUT2D eigenvalue weighted by atomic mass is 10.1. The second kappa shape index (κ2) is 9.66. The summed E-state index contributed by atoms with van der Waals surface area (Å²) in [6.45, 7) is 5.89. The molecule has 0 saturated carbocycles. The standard InChI is InChI=1S/C24H26N4O3/c1-3-30-20-9-7-18(8-10-20)13-19-5-4-6-21(27-19)23-16-28(11-12-31-23)24(29)22-15-25-17(2)14-26-22/h4-10,14-15,23H,3,11-13,16H2,1-2H3/t23-/m0/s1. The van der Waals surface area contributed by atoms with Crippen LogP contribution in [0.25, 0.3) is 0 Å². The smallest absolute Gasteiger partial charge is 0.274 e. The second-order valence-electron chi connectivity index (χ2n) is 7.46. The molecule has 1 aromatic carbocycles. The first-order chi connectivity index (χ1) is 15.1. The molecule has 0 aliphatic carbocycles. The molecule has 0 bridgehead atoms. The molecule has 1 saturated heterocycles. The number of amides is 1. The van der Waals surface area contributed by atoms with Crippen molar-refractivity contribution < 1.29 is 14.3 Å². The second-order valence-corrected chi connectivity index (χ2v) is 7.46. The third kappa shape index (κ3) is 5.24. The maximum atomic E-state index is 12.8. The van der Waals surface area contributed by atoms with Gasteiger partial charge in [0.15, 0.2) is 0 Å². The molecule has 0 unspecified atom stereocenters. The molecule has 0 spiro atoms. The first-order valence-electron chi connectivity index (χ1n) is 10.5. The summed E-state index contributed by atoms with van der Waals surface area (Å²) in [6.07, 6.45) is 3.58. The van der Waals surface area contributed by atoms with Crippen LogP contribution < -0.4 is 4.74 Å². The minimum Gasteiger partial charge on any atom is -0.494 e. The highest BCUT2D eigenvalue weighted by molar-refractivity contribution is 5.92. The lowest BCUT2D eigenvalue weighted by Gasteiger charge is -2.32. The monoisotopic (exact) mass is 418 g/mol. The van der Waals surface area contributed by atoms with Crippen LogP contribution in [0.2, 0.25) is 0 Å². The predicted octanol–water partition coefficient (Wildman–Crippen LogP) is 3.38.